The van der Waals surface area contributed by atoms with E-state index < -0.39 is 94.1 Å². The normalized spacial score (nSPS) is 35.8. The lowest BCUT2D eigenvalue weighted by Gasteiger charge is -2.68. The van der Waals surface area contributed by atoms with Crippen LogP contribution in [0.1, 0.15) is 86.3 Å². The fourth-order valence-electron chi connectivity index (χ4n) is 10.6. The van der Waals surface area contributed by atoms with Crippen LogP contribution < -0.4 is 5.32 Å². The molecule has 1 aromatic rings. The zero-order chi connectivity index (χ0) is 42.6. The molecule has 1 aromatic carbocycles. The topological polar surface area (TPSA) is 200 Å². The standard InChI is InChI=1S/C43H62N2O13/c1-24-28(56-37(50)33(47)32(26-13-11-10-12-14-26)44-38(51)58-39(3,4)5)22-43(52)36(49)34-41(8,29(53-9)21-30-42(34,23-55-30)57-25(2)46)35(48)27(31(24)40(43,6)7)15-16-45-17-19-54-20-18-45/h10-14,27-30,32-34,36,47,49,52H,15-23H2,1-9H3,(H,44,51)/t27-,28+,29+,30-,32+,33-,34+,36+,41-,42+,43-/m1/s1. The number of rotatable bonds is 10. The molecule has 322 valence electrons. The maximum atomic E-state index is 15.7. The number of nitrogens with one attached hydrogen (secondary N) is 1. The van der Waals surface area contributed by atoms with Gasteiger partial charge in [0.25, 0.3) is 0 Å². The summed E-state index contributed by atoms with van der Waals surface area (Å²) >= 11 is 0. The summed E-state index contributed by atoms with van der Waals surface area (Å²) in [5, 5.41) is 40.5. The second-order valence-electron chi connectivity index (χ2n) is 18.4. The number of morpholine rings is 1. The first-order valence-electron chi connectivity index (χ1n) is 20.4. The Hall–Kier alpha value is -3.44. The van der Waals surface area contributed by atoms with Crippen molar-refractivity contribution in [2.45, 2.75) is 128 Å². The van der Waals surface area contributed by atoms with Crippen molar-refractivity contribution in [1.82, 2.24) is 10.2 Å². The number of amides is 1. The van der Waals surface area contributed by atoms with Crippen molar-refractivity contribution in [3.8, 4) is 0 Å². The van der Waals surface area contributed by atoms with Crippen LogP contribution in [0.2, 0.25) is 0 Å². The molecule has 11 atom stereocenters. The Morgan fingerprint density at radius 1 is 1.09 bits per heavy atom. The number of benzene rings is 1. The number of nitrogens with zero attached hydrogens (tertiary/aromatic N) is 1. The van der Waals surface area contributed by atoms with Crippen molar-refractivity contribution in [3.63, 3.8) is 0 Å². The summed E-state index contributed by atoms with van der Waals surface area (Å²) in [6.07, 6.45) is -7.07. The van der Waals surface area contributed by atoms with Crippen molar-refractivity contribution in [2.24, 2.45) is 22.7 Å². The summed E-state index contributed by atoms with van der Waals surface area (Å²) < 4.78 is 35.3. The fourth-order valence-corrected chi connectivity index (χ4v) is 10.6. The van der Waals surface area contributed by atoms with Crippen molar-refractivity contribution in [2.75, 3.05) is 46.6 Å². The molecule has 15 heteroatoms. The van der Waals surface area contributed by atoms with Crippen LogP contribution >= 0.6 is 0 Å². The van der Waals surface area contributed by atoms with Gasteiger partial charge in [0.05, 0.1) is 43.5 Å². The number of alkyl carbamates (subject to hydrolysis) is 1. The molecule has 15 nitrogen and oxygen atoms in total. The van der Waals surface area contributed by atoms with Gasteiger partial charge in [0.15, 0.2) is 11.7 Å². The van der Waals surface area contributed by atoms with E-state index in [1.54, 1.807) is 78.8 Å². The maximum Gasteiger partial charge on any atom is 0.408 e. The molecule has 1 amide bonds. The van der Waals surface area contributed by atoms with Gasteiger partial charge in [-0.2, -0.15) is 0 Å². The SMILES string of the molecule is CO[C@H]1C[C@H]2OC[C@@]2(OC(C)=O)[C@H]2[C@H](O)[C@]3(O)C[C@H](OC(=O)[C@H](O)[C@@H](NC(=O)OC(C)(C)C)c4ccccc4)C(C)=C([C@@H](CCN4CCOCC4)C(=O)[C@]12C)C3(C)C. The number of hydrogen-bond donors (Lipinski definition) is 4. The lowest BCUT2D eigenvalue weighted by atomic mass is 9.43. The molecule has 3 aliphatic carbocycles. The largest absolute Gasteiger partial charge is 0.456 e. The van der Waals surface area contributed by atoms with Crippen LogP contribution in [0.3, 0.4) is 0 Å². The Morgan fingerprint density at radius 2 is 1.74 bits per heavy atom. The number of carbonyl (C=O) groups excluding carboxylic acids is 4. The van der Waals surface area contributed by atoms with Gasteiger partial charge in [-0.25, -0.2) is 9.59 Å². The first-order chi connectivity index (χ1) is 27.1. The highest BCUT2D eigenvalue weighted by molar-refractivity contribution is 5.92. The number of carbonyl (C=O) groups is 4. The number of Topliss-reactive ketones (excluding diaryl/α,β-unsaturated/α-hetero) is 1. The third-order valence-electron chi connectivity index (χ3n) is 13.6. The molecule has 4 fully saturated rings. The molecule has 0 unspecified atom stereocenters. The molecular weight excluding hydrogens is 752 g/mol. The average molecular weight is 815 g/mol. The van der Waals surface area contributed by atoms with E-state index in [1.165, 1.54) is 14.0 Å². The molecule has 0 spiro atoms. The number of aliphatic hydroxyl groups is 3. The van der Waals surface area contributed by atoms with Crippen LogP contribution in [0.25, 0.3) is 0 Å². The highest BCUT2D eigenvalue weighted by atomic mass is 16.6. The quantitative estimate of drug-likeness (QED) is 0.153. The van der Waals surface area contributed by atoms with E-state index in [9.17, 15) is 29.7 Å². The monoisotopic (exact) mass is 814 g/mol. The Bertz CT molecular complexity index is 1760. The van der Waals surface area contributed by atoms with E-state index >= 15 is 4.79 Å². The zero-order valence-electron chi connectivity index (χ0n) is 35.2. The summed E-state index contributed by atoms with van der Waals surface area (Å²) in [5.74, 6) is -4.06. The van der Waals surface area contributed by atoms with Gasteiger partial charge in [-0.15, -0.1) is 0 Å². The van der Waals surface area contributed by atoms with Crippen molar-refractivity contribution in [1.29, 1.82) is 0 Å². The van der Waals surface area contributed by atoms with Crippen LogP contribution in [0.15, 0.2) is 41.5 Å². The predicted octanol–water partition coefficient (Wildman–Crippen LogP) is 3.03. The van der Waals surface area contributed by atoms with Crippen LogP contribution in [-0.4, -0.2) is 138 Å². The lowest BCUT2D eigenvalue weighted by Crippen LogP contribution is -2.81. The Morgan fingerprint density at radius 3 is 2.31 bits per heavy atom. The summed E-state index contributed by atoms with van der Waals surface area (Å²) in [6.45, 7) is 16.2. The van der Waals surface area contributed by atoms with Crippen LogP contribution in [-0.2, 0) is 42.8 Å². The van der Waals surface area contributed by atoms with Gasteiger partial charge in [0.1, 0.15) is 29.2 Å². The fraction of sp³-hybridized carbons (Fsp3) is 0.721. The number of ether oxygens (including phenoxy) is 6. The van der Waals surface area contributed by atoms with Gasteiger partial charge in [0.2, 0.25) is 0 Å². The van der Waals surface area contributed by atoms with Crippen molar-refractivity contribution in [3.05, 3.63) is 47.0 Å². The number of fused-ring (bicyclic) bond motifs is 5. The zero-order valence-corrected chi connectivity index (χ0v) is 35.2. The Balaban J connectivity index is 1.46. The highest BCUT2D eigenvalue weighted by Crippen LogP contribution is 2.65. The van der Waals surface area contributed by atoms with Gasteiger partial charge in [-0.3, -0.25) is 14.5 Å². The van der Waals surface area contributed by atoms with Gasteiger partial charge < -0.3 is 49.1 Å². The van der Waals surface area contributed by atoms with Gasteiger partial charge in [0, 0.05) is 57.2 Å². The number of hydrogen-bond acceptors (Lipinski definition) is 14. The van der Waals surface area contributed by atoms with E-state index in [0.717, 1.165) is 0 Å². The number of aliphatic hydroxyl groups excluding tert-OH is 2. The molecule has 0 radical (unpaired) electrons. The van der Waals surface area contributed by atoms with E-state index in [-0.39, 0.29) is 25.2 Å². The molecular formula is C43H62N2O13. The second kappa shape index (κ2) is 16.2. The summed E-state index contributed by atoms with van der Waals surface area (Å²) in [6, 6.07) is 7.14. The molecule has 2 saturated carbocycles. The summed E-state index contributed by atoms with van der Waals surface area (Å²) in [7, 11) is 1.50. The first-order valence-corrected chi connectivity index (χ1v) is 20.4. The molecule has 2 bridgehead atoms. The molecule has 2 saturated heterocycles. The summed E-state index contributed by atoms with van der Waals surface area (Å²) in [4.78, 5) is 57.9. The van der Waals surface area contributed by atoms with Gasteiger partial charge >= 0.3 is 18.0 Å². The minimum atomic E-state index is -2.10. The Labute approximate surface area is 340 Å². The minimum absolute atomic E-state index is 0.106. The number of esters is 2. The smallest absolute Gasteiger partial charge is 0.408 e. The van der Waals surface area contributed by atoms with Crippen LogP contribution in [0, 0.1) is 22.7 Å². The number of ketones is 1. The first kappa shape index (κ1) is 44.1. The average Bonchev–Trinajstić information content (AvgIpc) is 3.15. The van der Waals surface area contributed by atoms with Gasteiger partial charge in [-0.05, 0) is 64.3 Å². The molecule has 6 rings (SSSR count). The van der Waals surface area contributed by atoms with Crippen LogP contribution in [0.5, 0.6) is 0 Å². The molecule has 2 heterocycles. The highest BCUT2D eigenvalue weighted by Gasteiger charge is 2.77. The molecule has 5 aliphatic rings. The van der Waals surface area contributed by atoms with Crippen molar-refractivity contribution >= 4 is 23.8 Å². The number of methoxy groups -OCH3 is 1. The minimum Gasteiger partial charge on any atom is -0.456 e. The van der Waals surface area contributed by atoms with E-state index in [4.69, 9.17) is 28.4 Å². The van der Waals surface area contributed by atoms with Crippen LogP contribution in [0.4, 0.5) is 4.79 Å². The van der Waals surface area contributed by atoms with E-state index in [0.29, 0.717) is 56.0 Å². The molecule has 4 N–H and O–H groups in total. The van der Waals surface area contributed by atoms with Crippen molar-refractivity contribution < 1.29 is 62.9 Å². The summed E-state index contributed by atoms with van der Waals surface area (Å²) in [5.41, 5.74) is -5.80. The molecule has 58 heavy (non-hydrogen) atoms. The molecule has 0 aromatic heterocycles. The predicted molar refractivity (Wildman–Crippen MR) is 208 cm³/mol. The van der Waals surface area contributed by atoms with Gasteiger partial charge in [-0.1, -0.05) is 44.2 Å². The van der Waals surface area contributed by atoms with E-state index in [2.05, 4.69) is 10.2 Å². The second-order valence-corrected chi connectivity index (χ2v) is 18.4. The lowest BCUT2D eigenvalue weighted by molar-refractivity contribution is -0.347. The molecule has 2 aliphatic heterocycles. The third-order valence-corrected chi connectivity index (χ3v) is 13.6. The van der Waals surface area contributed by atoms with E-state index in [1.807, 2.05) is 0 Å². The Kier molecular flexibility index (Phi) is 12.3. The maximum absolute atomic E-state index is 15.7. The third kappa shape index (κ3) is 7.60.